The molecule has 0 saturated heterocycles. The monoisotopic (exact) mass is 618 g/mol. The fraction of sp³-hybridized carbons (Fsp3) is 0.222. The van der Waals surface area contributed by atoms with Gasteiger partial charge in [-0.1, -0.05) is 78.9 Å². The summed E-state index contributed by atoms with van der Waals surface area (Å²) in [4.78, 5) is 25.8. The minimum Gasteiger partial charge on any atom is -0.489 e. The maximum Gasteiger partial charge on any atom is 0.233 e. The van der Waals surface area contributed by atoms with Crippen LogP contribution in [0.1, 0.15) is 28.8 Å². The molecule has 10 nitrogen and oxygen atoms in total. The first-order chi connectivity index (χ1) is 22.7. The highest BCUT2D eigenvalue weighted by Gasteiger charge is 2.09. The zero-order valence-electron chi connectivity index (χ0n) is 25.6. The number of ether oxygens (including phenoxy) is 3. The average Bonchev–Trinajstić information content (AvgIpc) is 3.10. The Morgan fingerprint density at radius 1 is 0.587 bits per heavy atom. The summed E-state index contributed by atoms with van der Waals surface area (Å²) in [5, 5.41) is 9.70. The summed E-state index contributed by atoms with van der Waals surface area (Å²) in [7, 11) is 0. The van der Waals surface area contributed by atoms with Crippen molar-refractivity contribution in [3.05, 3.63) is 126 Å². The van der Waals surface area contributed by atoms with E-state index in [1.165, 1.54) is 0 Å². The van der Waals surface area contributed by atoms with E-state index in [9.17, 15) is 4.79 Å². The van der Waals surface area contributed by atoms with Crippen LogP contribution in [0.2, 0.25) is 0 Å². The molecule has 1 aromatic heterocycles. The molecule has 0 atom stereocenters. The van der Waals surface area contributed by atoms with Crippen LogP contribution in [0.4, 0.5) is 29.2 Å². The van der Waals surface area contributed by atoms with Crippen molar-refractivity contribution in [2.75, 3.05) is 48.9 Å². The first-order valence-corrected chi connectivity index (χ1v) is 15.3. The Kier molecular flexibility index (Phi) is 12.4. The van der Waals surface area contributed by atoms with Crippen molar-refractivity contribution in [2.45, 2.75) is 19.4 Å². The molecular weight excluding hydrogens is 580 g/mol. The summed E-state index contributed by atoms with van der Waals surface area (Å²) in [6.45, 7) is 2.86. The van der Waals surface area contributed by atoms with E-state index < -0.39 is 0 Å². The first kappa shape index (κ1) is 32.1. The third kappa shape index (κ3) is 11.0. The van der Waals surface area contributed by atoms with Crippen LogP contribution in [0.25, 0.3) is 0 Å². The predicted molar refractivity (Wildman–Crippen MR) is 180 cm³/mol. The highest BCUT2D eigenvalue weighted by molar-refractivity contribution is 5.95. The lowest BCUT2D eigenvalue weighted by molar-refractivity contribution is 0.0497. The SMILES string of the molecule is O=C(CCCOCCOCCNc1nc(Nc2ccccc2)nc(Nc2ccc(OCc3ccccc3)cc2)n1)c1ccccc1. The molecule has 0 radical (unpaired) electrons. The number of ketones is 1. The van der Waals surface area contributed by atoms with Crippen molar-refractivity contribution in [3.8, 4) is 5.75 Å². The number of nitrogens with one attached hydrogen (secondary N) is 3. The molecule has 0 aliphatic carbocycles. The highest BCUT2D eigenvalue weighted by Crippen LogP contribution is 2.21. The van der Waals surface area contributed by atoms with Gasteiger partial charge in [0.05, 0.1) is 19.8 Å². The highest BCUT2D eigenvalue weighted by atomic mass is 16.5. The molecule has 0 aliphatic rings. The van der Waals surface area contributed by atoms with Gasteiger partial charge in [0.2, 0.25) is 17.8 Å². The second-order valence-electron chi connectivity index (χ2n) is 10.3. The molecule has 0 unspecified atom stereocenters. The number of hydrogen-bond acceptors (Lipinski definition) is 10. The van der Waals surface area contributed by atoms with Crippen LogP contribution in [0.3, 0.4) is 0 Å². The molecule has 236 valence electrons. The van der Waals surface area contributed by atoms with Gasteiger partial charge in [-0.2, -0.15) is 15.0 Å². The molecule has 0 spiro atoms. The number of hydrogen-bond donors (Lipinski definition) is 3. The summed E-state index contributed by atoms with van der Waals surface area (Å²) >= 11 is 0. The first-order valence-electron chi connectivity index (χ1n) is 15.3. The minimum absolute atomic E-state index is 0.132. The van der Waals surface area contributed by atoms with Gasteiger partial charge in [0.15, 0.2) is 5.78 Å². The van der Waals surface area contributed by atoms with Gasteiger partial charge < -0.3 is 30.2 Å². The normalized spacial score (nSPS) is 10.7. The van der Waals surface area contributed by atoms with Gasteiger partial charge in [-0.3, -0.25) is 4.79 Å². The zero-order chi connectivity index (χ0) is 31.7. The van der Waals surface area contributed by atoms with Gasteiger partial charge in [-0.15, -0.1) is 0 Å². The number of benzene rings is 4. The number of para-hydroxylation sites is 1. The van der Waals surface area contributed by atoms with Crippen LogP contribution in [0.5, 0.6) is 5.75 Å². The second-order valence-corrected chi connectivity index (χ2v) is 10.3. The number of carbonyl (C=O) groups is 1. The Morgan fingerprint density at radius 3 is 1.83 bits per heavy atom. The third-order valence-electron chi connectivity index (χ3n) is 6.71. The lowest BCUT2D eigenvalue weighted by Gasteiger charge is -2.12. The van der Waals surface area contributed by atoms with Crippen molar-refractivity contribution < 1.29 is 19.0 Å². The van der Waals surface area contributed by atoms with Crippen LogP contribution < -0.4 is 20.7 Å². The van der Waals surface area contributed by atoms with Crippen LogP contribution in [0.15, 0.2) is 115 Å². The Balaban J connectivity index is 1.06. The summed E-state index contributed by atoms with van der Waals surface area (Å²) in [6, 6.07) is 36.7. The van der Waals surface area contributed by atoms with Crippen LogP contribution in [0, 0.1) is 0 Å². The number of aromatic nitrogens is 3. The lowest BCUT2D eigenvalue weighted by atomic mass is 10.1. The summed E-state index contributed by atoms with van der Waals surface area (Å²) in [5.74, 6) is 2.08. The molecule has 0 aliphatic heterocycles. The maximum atomic E-state index is 12.2. The Labute approximate surface area is 269 Å². The van der Waals surface area contributed by atoms with E-state index in [1.807, 2.05) is 115 Å². The Bertz CT molecular complexity index is 1610. The van der Waals surface area contributed by atoms with E-state index in [0.717, 1.165) is 28.3 Å². The molecule has 4 aromatic carbocycles. The summed E-state index contributed by atoms with van der Waals surface area (Å²) in [6.07, 6.45) is 1.14. The molecule has 0 saturated carbocycles. The average molecular weight is 619 g/mol. The summed E-state index contributed by atoms with van der Waals surface area (Å²) in [5.41, 5.74) is 3.51. The van der Waals surface area contributed by atoms with Gasteiger partial charge in [0.25, 0.3) is 0 Å². The second kappa shape index (κ2) is 17.8. The van der Waals surface area contributed by atoms with Crippen molar-refractivity contribution in [1.29, 1.82) is 0 Å². The molecule has 46 heavy (non-hydrogen) atoms. The molecule has 1 heterocycles. The van der Waals surface area contributed by atoms with E-state index >= 15 is 0 Å². The number of anilines is 5. The molecule has 0 fully saturated rings. The lowest BCUT2D eigenvalue weighted by Crippen LogP contribution is -2.15. The fourth-order valence-electron chi connectivity index (χ4n) is 4.38. The van der Waals surface area contributed by atoms with Crippen LogP contribution in [-0.4, -0.2) is 53.7 Å². The molecule has 5 rings (SSSR count). The van der Waals surface area contributed by atoms with Gasteiger partial charge in [0, 0.05) is 36.5 Å². The van der Waals surface area contributed by atoms with Gasteiger partial charge in [0.1, 0.15) is 12.4 Å². The van der Waals surface area contributed by atoms with E-state index in [-0.39, 0.29) is 5.78 Å². The number of Topliss-reactive ketones (excluding diaryl/α,β-unsaturated/α-hetero) is 1. The zero-order valence-corrected chi connectivity index (χ0v) is 25.6. The molecule has 0 bridgehead atoms. The standard InChI is InChI=1S/C36H38N6O4/c43-33(29-13-6-2-7-14-29)17-10-23-44-25-26-45-24-22-37-34-40-35(38-30-15-8-3-9-16-30)42-36(41-34)39-31-18-20-32(21-19-31)46-27-28-11-4-1-5-12-28/h1-9,11-16,18-21H,10,17,22-27H2,(H3,37,38,39,40,41,42). The van der Waals surface area contributed by atoms with Gasteiger partial charge in [-0.05, 0) is 48.4 Å². The minimum atomic E-state index is 0.132. The van der Waals surface area contributed by atoms with E-state index in [2.05, 4.69) is 30.9 Å². The van der Waals surface area contributed by atoms with E-state index in [1.54, 1.807) is 0 Å². The van der Waals surface area contributed by atoms with Crippen LogP contribution in [-0.2, 0) is 16.1 Å². The third-order valence-corrected chi connectivity index (χ3v) is 6.71. The predicted octanol–water partition coefficient (Wildman–Crippen LogP) is 7.05. The smallest absolute Gasteiger partial charge is 0.233 e. The van der Waals surface area contributed by atoms with Gasteiger partial charge in [-0.25, -0.2) is 0 Å². The Hall–Kier alpha value is -5.32. The van der Waals surface area contributed by atoms with Crippen molar-refractivity contribution in [2.24, 2.45) is 0 Å². The van der Waals surface area contributed by atoms with E-state index in [4.69, 9.17) is 14.2 Å². The largest absolute Gasteiger partial charge is 0.489 e. The molecule has 3 N–H and O–H groups in total. The number of carbonyl (C=O) groups excluding carboxylic acids is 1. The molecule has 0 amide bonds. The molecule has 5 aromatic rings. The summed E-state index contributed by atoms with van der Waals surface area (Å²) < 4.78 is 17.2. The maximum absolute atomic E-state index is 12.2. The number of nitrogens with zero attached hydrogens (tertiary/aromatic N) is 3. The van der Waals surface area contributed by atoms with E-state index in [0.29, 0.717) is 70.3 Å². The number of rotatable bonds is 19. The topological polar surface area (TPSA) is 120 Å². The molecular formula is C36H38N6O4. The van der Waals surface area contributed by atoms with Gasteiger partial charge >= 0.3 is 0 Å². The quantitative estimate of drug-likeness (QED) is 0.0656. The molecule has 10 heteroatoms. The van der Waals surface area contributed by atoms with Crippen LogP contribution >= 0.6 is 0 Å². The van der Waals surface area contributed by atoms with Crippen molar-refractivity contribution >= 4 is 35.0 Å². The Morgan fingerprint density at radius 2 is 1.15 bits per heavy atom. The van der Waals surface area contributed by atoms with Crippen molar-refractivity contribution in [1.82, 2.24) is 15.0 Å². The fourth-order valence-corrected chi connectivity index (χ4v) is 4.38. The van der Waals surface area contributed by atoms with Crippen molar-refractivity contribution in [3.63, 3.8) is 0 Å².